The van der Waals surface area contributed by atoms with E-state index in [2.05, 4.69) is 5.10 Å². The lowest BCUT2D eigenvalue weighted by molar-refractivity contribution is -0.149. The fourth-order valence-corrected chi connectivity index (χ4v) is 2.27. The zero-order valence-electron chi connectivity index (χ0n) is 11.4. The molecule has 0 aliphatic carbocycles. The molecule has 0 aliphatic rings. The van der Waals surface area contributed by atoms with Crippen LogP contribution in [0.4, 0.5) is 19.0 Å². The molecule has 1 unspecified atom stereocenters. The Kier molecular flexibility index (Phi) is 3.29. The highest BCUT2D eigenvalue weighted by atomic mass is 19.4. The van der Waals surface area contributed by atoms with E-state index in [1.54, 1.807) is 0 Å². The highest BCUT2D eigenvalue weighted by Gasteiger charge is 2.38. The van der Waals surface area contributed by atoms with Gasteiger partial charge in [-0.25, -0.2) is 4.68 Å². The third-order valence-corrected chi connectivity index (χ3v) is 3.45. The summed E-state index contributed by atoms with van der Waals surface area (Å²) in [6.45, 7) is 0. The summed E-state index contributed by atoms with van der Waals surface area (Å²) in [5.74, 6) is 0.369. The van der Waals surface area contributed by atoms with Gasteiger partial charge in [-0.05, 0) is 29.8 Å². The molecule has 0 saturated carbocycles. The van der Waals surface area contributed by atoms with Crippen molar-refractivity contribution in [3.05, 3.63) is 54.1 Å². The maximum atomic E-state index is 12.7. The van der Waals surface area contributed by atoms with E-state index >= 15 is 0 Å². The van der Waals surface area contributed by atoms with Crippen molar-refractivity contribution >= 4 is 16.7 Å². The van der Waals surface area contributed by atoms with Crippen molar-refractivity contribution in [2.24, 2.45) is 5.73 Å². The predicted molar refractivity (Wildman–Crippen MR) is 78.5 cm³/mol. The highest BCUT2D eigenvalue weighted by Crippen LogP contribution is 2.33. The smallest absolute Gasteiger partial charge is 0.383 e. The number of hydrogen-bond donors (Lipinski definition) is 2. The topological polar surface area (TPSA) is 69.9 Å². The number of halogens is 3. The second-order valence-electron chi connectivity index (χ2n) is 4.93. The number of nitrogen functional groups attached to an aromatic ring is 1. The second kappa shape index (κ2) is 5.03. The van der Waals surface area contributed by atoms with Gasteiger partial charge in [0.25, 0.3) is 0 Å². The van der Waals surface area contributed by atoms with Gasteiger partial charge in [-0.1, -0.05) is 24.3 Å². The van der Waals surface area contributed by atoms with Gasteiger partial charge in [-0.3, -0.25) is 0 Å². The van der Waals surface area contributed by atoms with E-state index in [0.717, 1.165) is 5.69 Å². The summed E-state index contributed by atoms with van der Waals surface area (Å²) in [4.78, 5) is 0. The molecule has 1 aromatic heterocycles. The lowest BCUT2D eigenvalue weighted by atomic mass is 10.1. The van der Waals surface area contributed by atoms with Crippen LogP contribution >= 0.6 is 0 Å². The maximum Gasteiger partial charge on any atom is 0.407 e. The van der Waals surface area contributed by atoms with E-state index < -0.39 is 12.2 Å². The minimum atomic E-state index is -4.50. The molecule has 0 saturated heterocycles. The number of benzene rings is 2. The molecule has 1 atom stereocenters. The van der Waals surface area contributed by atoms with Crippen LogP contribution in [0.15, 0.2) is 48.5 Å². The molecule has 114 valence electrons. The number of hydrogen-bond acceptors (Lipinski definition) is 3. The summed E-state index contributed by atoms with van der Waals surface area (Å²) < 4.78 is 39.6. The first-order valence-corrected chi connectivity index (χ1v) is 6.54. The van der Waals surface area contributed by atoms with Crippen LogP contribution in [-0.4, -0.2) is 16.0 Å². The normalized spacial score (nSPS) is 13.5. The Morgan fingerprint density at radius 1 is 1.05 bits per heavy atom. The average molecular weight is 306 g/mol. The molecule has 0 aliphatic heterocycles. The summed E-state index contributed by atoms with van der Waals surface area (Å²) in [7, 11) is 0. The number of anilines is 1. The minimum Gasteiger partial charge on any atom is -0.383 e. The van der Waals surface area contributed by atoms with Gasteiger partial charge in [0.15, 0.2) is 0 Å². The van der Waals surface area contributed by atoms with E-state index in [1.165, 1.54) is 22.9 Å². The van der Waals surface area contributed by atoms with Gasteiger partial charge in [-0.15, -0.1) is 0 Å². The van der Waals surface area contributed by atoms with Crippen LogP contribution in [0.2, 0.25) is 0 Å². The molecule has 2 aromatic carbocycles. The molecule has 0 fully saturated rings. The van der Waals surface area contributed by atoms with Crippen molar-refractivity contribution in [2.45, 2.75) is 12.2 Å². The quantitative estimate of drug-likeness (QED) is 0.764. The summed E-state index contributed by atoms with van der Waals surface area (Å²) in [6.07, 6.45) is -4.50. The number of nitrogens with zero attached hydrogens (tertiary/aromatic N) is 2. The summed E-state index contributed by atoms with van der Waals surface area (Å²) in [5, 5.41) is 4.86. The van der Waals surface area contributed by atoms with Crippen molar-refractivity contribution in [1.29, 1.82) is 0 Å². The van der Waals surface area contributed by atoms with E-state index in [9.17, 15) is 13.2 Å². The molecular weight excluding hydrogens is 293 g/mol. The lowest BCUT2D eigenvalue weighted by Gasteiger charge is -2.15. The van der Waals surface area contributed by atoms with Crippen LogP contribution in [0.1, 0.15) is 11.6 Å². The Balaban J connectivity index is 2.11. The molecule has 0 bridgehead atoms. The summed E-state index contributed by atoms with van der Waals surface area (Å²) in [5.41, 5.74) is 12.3. The third-order valence-electron chi connectivity index (χ3n) is 3.45. The Morgan fingerprint density at radius 2 is 1.73 bits per heavy atom. The van der Waals surface area contributed by atoms with Gasteiger partial charge >= 0.3 is 6.18 Å². The first-order valence-electron chi connectivity index (χ1n) is 6.54. The van der Waals surface area contributed by atoms with E-state index in [-0.39, 0.29) is 5.56 Å². The Morgan fingerprint density at radius 3 is 2.36 bits per heavy atom. The molecule has 7 heteroatoms. The highest BCUT2D eigenvalue weighted by molar-refractivity contribution is 5.90. The standard InChI is InChI=1S/C15H13F3N4/c16-15(17,18)13(19)9-6-7-11-12(8-9)21-22(14(11)20)10-4-2-1-3-5-10/h1-8,13H,19-20H2. The number of fused-ring (bicyclic) bond motifs is 1. The van der Waals surface area contributed by atoms with Crippen LogP contribution in [0, 0.1) is 0 Å². The molecule has 4 nitrogen and oxygen atoms in total. The largest absolute Gasteiger partial charge is 0.407 e. The molecule has 0 amide bonds. The fourth-order valence-electron chi connectivity index (χ4n) is 2.27. The van der Waals surface area contributed by atoms with Gasteiger partial charge in [0, 0.05) is 5.39 Å². The molecule has 0 spiro atoms. The molecular formula is C15H13F3N4. The molecule has 0 radical (unpaired) electrons. The summed E-state index contributed by atoms with van der Waals surface area (Å²) >= 11 is 0. The van der Waals surface area contributed by atoms with Crippen LogP contribution in [0.3, 0.4) is 0 Å². The van der Waals surface area contributed by atoms with E-state index in [0.29, 0.717) is 16.7 Å². The monoisotopic (exact) mass is 306 g/mol. The first-order chi connectivity index (χ1) is 10.4. The number of alkyl halides is 3. The van der Waals surface area contributed by atoms with Gasteiger partial charge in [-0.2, -0.15) is 18.3 Å². The van der Waals surface area contributed by atoms with Crippen LogP contribution in [0.25, 0.3) is 16.6 Å². The van der Waals surface area contributed by atoms with Crippen molar-refractivity contribution < 1.29 is 13.2 Å². The van der Waals surface area contributed by atoms with E-state index in [1.807, 2.05) is 30.3 Å². The predicted octanol–water partition coefficient (Wildman–Crippen LogP) is 3.17. The zero-order valence-corrected chi connectivity index (χ0v) is 11.4. The maximum absolute atomic E-state index is 12.7. The van der Waals surface area contributed by atoms with Gasteiger partial charge in [0.1, 0.15) is 11.9 Å². The minimum absolute atomic E-state index is 0.0438. The van der Waals surface area contributed by atoms with Gasteiger partial charge in [0.2, 0.25) is 0 Å². The second-order valence-corrected chi connectivity index (χ2v) is 4.93. The SMILES string of the molecule is Nc1c2ccc(C(N)C(F)(F)F)cc2nn1-c1ccccc1. The number of para-hydroxylation sites is 1. The summed E-state index contributed by atoms with van der Waals surface area (Å²) in [6, 6.07) is 11.2. The molecule has 3 rings (SSSR count). The zero-order chi connectivity index (χ0) is 15.9. The molecule has 3 aromatic rings. The van der Waals surface area contributed by atoms with Crippen LogP contribution in [-0.2, 0) is 0 Å². The van der Waals surface area contributed by atoms with Crippen LogP contribution in [0.5, 0.6) is 0 Å². The Bertz CT molecular complexity index is 809. The van der Waals surface area contributed by atoms with Gasteiger partial charge < -0.3 is 11.5 Å². The average Bonchev–Trinajstić information content (AvgIpc) is 2.83. The molecule has 1 heterocycles. The molecule has 22 heavy (non-hydrogen) atoms. The van der Waals surface area contributed by atoms with Crippen molar-refractivity contribution in [2.75, 3.05) is 5.73 Å². The number of nitrogens with two attached hydrogens (primary N) is 2. The third kappa shape index (κ3) is 2.39. The first kappa shape index (κ1) is 14.4. The van der Waals surface area contributed by atoms with Crippen molar-refractivity contribution in [3.63, 3.8) is 0 Å². The van der Waals surface area contributed by atoms with Crippen molar-refractivity contribution in [3.8, 4) is 5.69 Å². The molecule has 4 N–H and O–H groups in total. The van der Waals surface area contributed by atoms with E-state index in [4.69, 9.17) is 11.5 Å². The van der Waals surface area contributed by atoms with Gasteiger partial charge in [0.05, 0.1) is 11.2 Å². The van der Waals surface area contributed by atoms with Crippen LogP contribution < -0.4 is 11.5 Å². The van der Waals surface area contributed by atoms with Crippen molar-refractivity contribution in [1.82, 2.24) is 9.78 Å². The number of rotatable bonds is 2. The lowest BCUT2D eigenvalue weighted by Crippen LogP contribution is -2.28. The Labute approximate surface area is 124 Å². The number of aromatic nitrogens is 2. The Hall–Kier alpha value is -2.54. The fraction of sp³-hybridized carbons (Fsp3) is 0.133.